The van der Waals surface area contributed by atoms with Crippen LogP contribution >= 0.6 is 11.3 Å². The van der Waals surface area contributed by atoms with Gasteiger partial charge in [-0.15, -0.1) is 11.3 Å². The average molecular weight is 368 g/mol. The maximum absolute atomic E-state index is 12.3. The van der Waals surface area contributed by atoms with Gasteiger partial charge in [-0.05, 0) is 31.0 Å². The first kappa shape index (κ1) is 19.1. The van der Waals surface area contributed by atoms with Gasteiger partial charge in [-0.3, -0.25) is 0 Å². The van der Waals surface area contributed by atoms with E-state index in [-0.39, 0.29) is 5.75 Å². The normalized spacial score (nSPS) is 11.6. The van der Waals surface area contributed by atoms with Gasteiger partial charge in [0, 0.05) is 17.6 Å². The van der Waals surface area contributed by atoms with E-state index in [0.717, 1.165) is 23.5 Å². The molecule has 2 aromatic rings. The lowest BCUT2D eigenvalue weighted by Crippen LogP contribution is -2.36. The molecule has 5 nitrogen and oxygen atoms in total. The molecule has 0 spiro atoms. The number of aromatic nitrogens is 1. The number of hydrogen-bond donors (Lipinski definition) is 2. The maximum atomic E-state index is 12.3. The lowest BCUT2D eigenvalue weighted by molar-refractivity contribution is -0.0498. The van der Waals surface area contributed by atoms with E-state index in [4.69, 9.17) is 0 Å². The summed E-state index contributed by atoms with van der Waals surface area (Å²) < 4.78 is 29.0. The van der Waals surface area contributed by atoms with Gasteiger partial charge in [0.2, 0.25) is 0 Å². The van der Waals surface area contributed by atoms with Crippen LogP contribution in [0.1, 0.15) is 29.3 Å². The zero-order valence-corrected chi connectivity index (χ0v) is 15.1. The minimum absolute atomic E-state index is 0.135. The lowest BCUT2D eigenvalue weighted by Gasteiger charge is -2.10. The van der Waals surface area contributed by atoms with Gasteiger partial charge < -0.3 is 15.4 Å². The van der Waals surface area contributed by atoms with E-state index in [9.17, 15) is 8.78 Å². The molecule has 1 heterocycles. The Balaban J connectivity index is 1.96. The SMILES string of the molecule is CCNC(=NCc1cccc(OC(F)F)c1)NCc1ncc(CC)s1. The highest BCUT2D eigenvalue weighted by atomic mass is 32.1. The molecule has 0 aliphatic carbocycles. The fourth-order valence-corrected chi connectivity index (χ4v) is 2.89. The number of thiazole rings is 1. The second kappa shape index (κ2) is 9.93. The van der Waals surface area contributed by atoms with Crippen LogP contribution in [-0.2, 0) is 19.5 Å². The summed E-state index contributed by atoms with van der Waals surface area (Å²) >= 11 is 1.67. The molecule has 0 aliphatic heterocycles. The molecule has 0 amide bonds. The third-order valence-corrected chi connectivity index (χ3v) is 4.39. The van der Waals surface area contributed by atoms with E-state index in [1.807, 2.05) is 19.2 Å². The van der Waals surface area contributed by atoms with Crippen LogP contribution in [-0.4, -0.2) is 24.1 Å². The molecule has 0 fully saturated rings. The molecule has 2 rings (SSSR count). The Morgan fingerprint density at radius 2 is 2.16 bits per heavy atom. The molecule has 0 unspecified atom stereocenters. The molecular formula is C17H22F2N4OS. The fourth-order valence-electron chi connectivity index (χ4n) is 2.08. The summed E-state index contributed by atoms with van der Waals surface area (Å²) in [7, 11) is 0. The number of aliphatic imine (C=N–C) groups is 1. The molecule has 0 saturated carbocycles. The van der Waals surface area contributed by atoms with Crippen LogP contribution in [0.15, 0.2) is 35.5 Å². The second-order valence-electron chi connectivity index (χ2n) is 5.15. The van der Waals surface area contributed by atoms with Crippen molar-refractivity contribution in [1.29, 1.82) is 0 Å². The Kier molecular flexibility index (Phi) is 7.59. The molecule has 0 radical (unpaired) electrons. The summed E-state index contributed by atoms with van der Waals surface area (Å²) in [6.07, 6.45) is 2.86. The van der Waals surface area contributed by atoms with Gasteiger partial charge in [-0.1, -0.05) is 19.1 Å². The van der Waals surface area contributed by atoms with Crippen molar-refractivity contribution < 1.29 is 13.5 Å². The van der Waals surface area contributed by atoms with Crippen LogP contribution in [0.2, 0.25) is 0 Å². The number of nitrogens with zero attached hydrogens (tertiary/aromatic N) is 2. The van der Waals surface area contributed by atoms with Crippen molar-refractivity contribution in [1.82, 2.24) is 15.6 Å². The Morgan fingerprint density at radius 1 is 1.32 bits per heavy atom. The highest BCUT2D eigenvalue weighted by molar-refractivity contribution is 7.11. The highest BCUT2D eigenvalue weighted by Crippen LogP contribution is 2.16. The molecule has 0 aliphatic rings. The summed E-state index contributed by atoms with van der Waals surface area (Å²) in [5, 5.41) is 7.38. The number of rotatable bonds is 8. The Bertz CT molecular complexity index is 691. The molecular weight excluding hydrogens is 346 g/mol. The van der Waals surface area contributed by atoms with Crippen LogP contribution in [0.3, 0.4) is 0 Å². The van der Waals surface area contributed by atoms with E-state index >= 15 is 0 Å². The number of hydrogen-bond acceptors (Lipinski definition) is 4. The first-order chi connectivity index (χ1) is 12.1. The minimum Gasteiger partial charge on any atom is -0.435 e. The van der Waals surface area contributed by atoms with Crippen molar-refractivity contribution in [2.45, 2.75) is 40.0 Å². The van der Waals surface area contributed by atoms with Crippen LogP contribution in [0.4, 0.5) is 8.78 Å². The summed E-state index contributed by atoms with van der Waals surface area (Å²) in [5.74, 6) is 0.784. The van der Waals surface area contributed by atoms with Crippen molar-refractivity contribution in [2.24, 2.45) is 4.99 Å². The summed E-state index contributed by atoms with van der Waals surface area (Å²) in [6.45, 7) is 2.91. The van der Waals surface area contributed by atoms with Crippen LogP contribution in [0.5, 0.6) is 5.75 Å². The van der Waals surface area contributed by atoms with Crippen molar-refractivity contribution in [2.75, 3.05) is 6.54 Å². The molecule has 2 N–H and O–H groups in total. The fraction of sp³-hybridized carbons (Fsp3) is 0.412. The minimum atomic E-state index is -2.83. The van der Waals surface area contributed by atoms with Crippen LogP contribution in [0.25, 0.3) is 0 Å². The van der Waals surface area contributed by atoms with Gasteiger partial charge in [0.25, 0.3) is 0 Å². The van der Waals surface area contributed by atoms with Crippen molar-refractivity contribution in [3.05, 3.63) is 45.9 Å². The van der Waals surface area contributed by atoms with Crippen molar-refractivity contribution in [3.8, 4) is 5.75 Å². The molecule has 0 saturated heterocycles. The van der Waals surface area contributed by atoms with E-state index in [1.54, 1.807) is 23.5 Å². The molecule has 25 heavy (non-hydrogen) atoms. The van der Waals surface area contributed by atoms with Crippen LogP contribution in [0, 0.1) is 0 Å². The topological polar surface area (TPSA) is 58.5 Å². The van der Waals surface area contributed by atoms with Gasteiger partial charge in [-0.2, -0.15) is 8.78 Å². The van der Waals surface area contributed by atoms with Crippen molar-refractivity contribution in [3.63, 3.8) is 0 Å². The summed E-state index contributed by atoms with van der Waals surface area (Å²) in [4.78, 5) is 10.1. The highest BCUT2D eigenvalue weighted by Gasteiger charge is 2.05. The molecule has 1 aromatic carbocycles. The number of ether oxygens (including phenoxy) is 1. The third-order valence-electron chi connectivity index (χ3n) is 3.24. The molecule has 1 aromatic heterocycles. The number of nitrogens with one attached hydrogen (secondary N) is 2. The van der Waals surface area contributed by atoms with Gasteiger partial charge in [0.05, 0.1) is 13.1 Å². The van der Waals surface area contributed by atoms with Gasteiger partial charge in [0.1, 0.15) is 10.8 Å². The first-order valence-electron chi connectivity index (χ1n) is 8.10. The molecule has 0 bridgehead atoms. The van der Waals surface area contributed by atoms with Gasteiger partial charge in [0.15, 0.2) is 5.96 Å². The van der Waals surface area contributed by atoms with Crippen molar-refractivity contribution >= 4 is 17.3 Å². The average Bonchev–Trinajstić information content (AvgIpc) is 3.05. The number of benzene rings is 1. The number of guanidine groups is 1. The monoisotopic (exact) mass is 368 g/mol. The lowest BCUT2D eigenvalue weighted by atomic mass is 10.2. The Hall–Kier alpha value is -2.22. The first-order valence-corrected chi connectivity index (χ1v) is 8.91. The van der Waals surface area contributed by atoms with E-state index < -0.39 is 6.61 Å². The number of halogens is 2. The quantitative estimate of drug-likeness (QED) is 0.553. The zero-order valence-electron chi connectivity index (χ0n) is 14.3. The summed E-state index contributed by atoms with van der Waals surface area (Å²) in [5.41, 5.74) is 0.790. The Labute approximate surface area is 150 Å². The predicted molar refractivity (Wildman–Crippen MR) is 96.2 cm³/mol. The van der Waals surface area contributed by atoms with E-state index in [0.29, 0.717) is 19.0 Å². The zero-order chi connectivity index (χ0) is 18.1. The smallest absolute Gasteiger partial charge is 0.387 e. The van der Waals surface area contributed by atoms with Gasteiger partial charge >= 0.3 is 6.61 Å². The maximum Gasteiger partial charge on any atom is 0.387 e. The van der Waals surface area contributed by atoms with E-state index in [1.165, 1.54) is 10.9 Å². The van der Waals surface area contributed by atoms with Gasteiger partial charge in [-0.25, -0.2) is 9.98 Å². The predicted octanol–water partition coefficient (Wildman–Crippen LogP) is 3.56. The summed E-state index contributed by atoms with van der Waals surface area (Å²) in [6, 6.07) is 6.55. The molecule has 8 heteroatoms. The number of aryl methyl sites for hydroxylation is 1. The number of alkyl halides is 2. The molecule has 136 valence electrons. The third kappa shape index (κ3) is 6.66. The largest absolute Gasteiger partial charge is 0.435 e. The second-order valence-corrected chi connectivity index (χ2v) is 6.35. The Morgan fingerprint density at radius 3 is 2.84 bits per heavy atom. The van der Waals surface area contributed by atoms with Crippen LogP contribution < -0.4 is 15.4 Å². The van der Waals surface area contributed by atoms with E-state index in [2.05, 4.69) is 32.3 Å². The standard InChI is InChI=1S/C17H22F2N4OS/c1-3-14-10-21-15(25-14)11-23-17(20-4-2)22-9-12-6-5-7-13(8-12)24-16(18)19/h5-8,10,16H,3-4,9,11H2,1-2H3,(H2,20,22,23). The molecule has 0 atom stereocenters.